The molecule has 0 heterocycles. The molecule has 0 aliphatic rings. The monoisotopic (exact) mass is 341 g/mol. The summed E-state index contributed by atoms with van der Waals surface area (Å²) in [6.07, 6.45) is -42.3. The quantitative estimate of drug-likeness (QED) is 0.358. The zero-order chi connectivity index (χ0) is 44.1. The van der Waals surface area contributed by atoms with Gasteiger partial charge in [0.2, 0.25) is 0 Å². The van der Waals surface area contributed by atoms with Crippen LogP contribution < -0.4 is 0 Å². The van der Waals surface area contributed by atoms with Gasteiger partial charge in [-0.25, -0.2) is 4.57 Å². The molecule has 0 aromatic heterocycles. The minimum atomic E-state index is -7.50. The summed E-state index contributed by atoms with van der Waals surface area (Å²) in [5.74, 6) is 0. The van der Waals surface area contributed by atoms with Crippen LogP contribution in [-0.2, 0) is 18.1 Å². The lowest BCUT2D eigenvalue weighted by atomic mass is 10.3. The zero-order valence-electron chi connectivity index (χ0n) is 42.6. The fourth-order valence-corrected chi connectivity index (χ4v) is 1.05. The van der Waals surface area contributed by atoms with Crippen LogP contribution in [0.4, 0.5) is 0 Å². The van der Waals surface area contributed by atoms with E-state index in [1.807, 2.05) is 0 Å². The highest BCUT2D eigenvalue weighted by Gasteiger charge is 2.25. The molecule has 0 unspecified atom stereocenters. The van der Waals surface area contributed by atoms with E-state index in [0.29, 0.717) is 0 Å². The fourth-order valence-electron chi connectivity index (χ4n) is 0.462. The molecular formula is C15H33O4P. The first kappa shape index (κ1) is 2.70. The molecule has 0 saturated carbocycles. The molecule has 0 aromatic carbocycles. The smallest absolute Gasteiger partial charge is 0.287 e. The second kappa shape index (κ2) is 14.1. The zero-order valence-corrected chi connectivity index (χ0v) is 10.5. The third-order valence-corrected chi connectivity index (χ3v) is 1.95. The van der Waals surface area contributed by atoms with E-state index in [2.05, 4.69) is 13.6 Å². The van der Waals surface area contributed by atoms with Crippen molar-refractivity contribution in [2.24, 2.45) is 0 Å². The Labute approximate surface area is 171 Å². The standard InChI is InChI=1S/C15H33O4P/c1-4-7-10-13-17-20(16,18-14-11-8-5-2)19-15-12-9-6-3/h4-15H2,1-3H3/i1D3,2D3,3D3,4D2,5D2,6D2,7D2,8D2,9D2,10D2,11D2,12D2,13D2,14D2,15D2. The van der Waals surface area contributed by atoms with Crippen LogP contribution in [0.2, 0.25) is 0 Å². The summed E-state index contributed by atoms with van der Waals surface area (Å²) in [6, 6.07) is 0. The molecule has 0 saturated heterocycles. The SMILES string of the molecule is [2H]C([2H])([2H])C([2H])([2H])C([2H])([2H])C([2H])([2H])C([2H])([2H])OP(=O)(OC([2H])([2H])C([2H])([2H])C([2H])([2H])C([2H])([2H])C([2H])([2H])[2H])OC([2H])([2H])C([2H])([2H])C([2H])([2H])C([2H])([2H])C([2H])([2H])[2H]. The van der Waals surface area contributed by atoms with Crippen molar-refractivity contribution >= 4 is 7.82 Å². The van der Waals surface area contributed by atoms with Crippen molar-refractivity contribution in [2.75, 3.05) is 19.7 Å². The Hall–Kier alpha value is 0.110. The first-order valence-electron chi connectivity index (χ1n) is 20.8. The van der Waals surface area contributed by atoms with Crippen molar-refractivity contribution in [3.8, 4) is 0 Å². The normalized spacial score (nSPS) is 46.9. The summed E-state index contributed by atoms with van der Waals surface area (Å²) in [4.78, 5) is 0. The summed E-state index contributed by atoms with van der Waals surface area (Å²) in [6.45, 7) is -27.7. The number of hydrogen-bond donors (Lipinski definition) is 0. The van der Waals surface area contributed by atoms with Crippen LogP contribution in [0, 0.1) is 0 Å². The van der Waals surface area contributed by atoms with Crippen LogP contribution in [0.15, 0.2) is 0 Å². The highest BCUT2D eigenvalue weighted by Crippen LogP contribution is 2.49. The van der Waals surface area contributed by atoms with Crippen LogP contribution in [0.25, 0.3) is 0 Å². The fraction of sp³-hybridized carbons (Fsp3) is 1.00. The molecule has 20 heavy (non-hydrogen) atoms. The lowest BCUT2D eigenvalue weighted by Gasteiger charge is -2.18. The van der Waals surface area contributed by atoms with Gasteiger partial charge in [0, 0.05) is 37.0 Å². The lowest BCUT2D eigenvalue weighted by Crippen LogP contribution is -2.04. The molecule has 0 spiro atoms. The Balaban J connectivity index is 8.02. The van der Waals surface area contributed by atoms with Crippen molar-refractivity contribution in [1.29, 1.82) is 0 Å². The second-order valence-corrected chi connectivity index (χ2v) is 3.59. The Morgan fingerprint density at radius 2 is 1.10 bits per heavy atom. The van der Waals surface area contributed by atoms with Gasteiger partial charge in [0.25, 0.3) is 0 Å². The van der Waals surface area contributed by atoms with Crippen LogP contribution in [0.5, 0.6) is 0 Å². The average Bonchev–Trinajstić information content (AvgIpc) is 2.84. The highest BCUT2D eigenvalue weighted by molar-refractivity contribution is 7.48. The van der Waals surface area contributed by atoms with Crippen molar-refractivity contribution in [2.45, 2.75) is 77.9 Å². The third-order valence-electron chi connectivity index (χ3n) is 1.00. The molecule has 0 radical (unpaired) electrons. The van der Waals surface area contributed by atoms with Crippen LogP contribution >= 0.6 is 7.82 Å². The van der Waals surface area contributed by atoms with E-state index in [9.17, 15) is 4.57 Å². The predicted molar refractivity (Wildman–Crippen MR) is 84.0 cm³/mol. The van der Waals surface area contributed by atoms with Gasteiger partial charge in [0.1, 0.15) is 0 Å². The molecule has 4 nitrogen and oxygen atoms in total. The molecule has 0 fully saturated rings. The lowest BCUT2D eigenvalue weighted by molar-refractivity contribution is 0.109. The molecule has 0 aliphatic heterocycles. The second-order valence-electron chi connectivity index (χ2n) is 2.15. The minimum Gasteiger partial charge on any atom is -0.287 e. The van der Waals surface area contributed by atoms with Gasteiger partial charge >= 0.3 is 7.82 Å². The van der Waals surface area contributed by atoms with E-state index in [0.717, 1.165) is 0 Å². The molecular weight excluding hydrogens is 275 g/mol. The largest absolute Gasteiger partial charge is 0.474 e. The third kappa shape index (κ3) is 11.9. The first-order chi connectivity index (χ1) is 22.1. The molecule has 0 aromatic rings. The van der Waals surface area contributed by atoms with E-state index in [1.54, 1.807) is 0 Å². The van der Waals surface area contributed by atoms with E-state index in [-0.39, 0.29) is 0 Å². The summed E-state index contributed by atoms with van der Waals surface area (Å²) < 4.78 is 279. The van der Waals surface area contributed by atoms with E-state index < -0.39 is 105 Å². The van der Waals surface area contributed by atoms with Crippen LogP contribution in [-0.4, -0.2) is 19.7 Å². The highest BCUT2D eigenvalue weighted by atomic mass is 31.2. The van der Waals surface area contributed by atoms with Gasteiger partial charge in [-0.1, -0.05) is 58.8 Å². The molecule has 0 aliphatic carbocycles. The molecule has 0 bridgehead atoms. The molecule has 122 valence electrons. The molecule has 0 N–H and O–H groups in total. The summed E-state index contributed by atoms with van der Waals surface area (Å²) >= 11 is 0. The van der Waals surface area contributed by atoms with Crippen LogP contribution in [0.1, 0.15) is 123 Å². The topological polar surface area (TPSA) is 44.8 Å². The Kier molecular flexibility index (Phi) is 1.90. The summed E-state index contributed by atoms with van der Waals surface area (Å²) in [5, 5.41) is 0. The van der Waals surface area contributed by atoms with Gasteiger partial charge in [-0.15, -0.1) is 0 Å². The van der Waals surface area contributed by atoms with E-state index in [4.69, 9.17) is 45.2 Å². The van der Waals surface area contributed by atoms with Gasteiger partial charge < -0.3 is 0 Å². The van der Waals surface area contributed by atoms with Gasteiger partial charge in [0.05, 0.1) is 27.9 Å². The maximum atomic E-state index is 14.1. The maximum absolute atomic E-state index is 14.1. The number of phosphoric acid groups is 1. The summed E-state index contributed by atoms with van der Waals surface area (Å²) in [7, 11) is -7.50. The molecule has 5 heteroatoms. The number of hydrogen-bond acceptors (Lipinski definition) is 4. The average molecular weight is 342 g/mol. The van der Waals surface area contributed by atoms with Crippen molar-refractivity contribution in [3.63, 3.8) is 0 Å². The Bertz CT molecular complexity index is 1200. The molecule has 0 rings (SSSR count). The van der Waals surface area contributed by atoms with Gasteiger partial charge in [0.15, 0.2) is 0 Å². The van der Waals surface area contributed by atoms with Gasteiger partial charge in [-0.3, -0.25) is 13.6 Å². The predicted octanol–water partition coefficient (Wildman–Crippen LogP) is 5.71. The van der Waals surface area contributed by atoms with Crippen LogP contribution in [0.3, 0.4) is 0 Å². The van der Waals surface area contributed by atoms with Gasteiger partial charge in [-0.05, 0) is 19.1 Å². The van der Waals surface area contributed by atoms with Crippen molar-refractivity contribution in [1.82, 2.24) is 0 Å². The van der Waals surface area contributed by atoms with Crippen molar-refractivity contribution in [3.05, 3.63) is 0 Å². The molecule has 0 amide bonds. The Morgan fingerprint density at radius 1 is 0.750 bits per heavy atom. The minimum absolute atomic E-state index is 4.09. The van der Waals surface area contributed by atoms with Gasteiger partial charge in [-0.2, -0.15) is 0 Å². The molecule has 0 atom stereocenters. The Morgan fingerprint density at radius 3 is 1.40 bits per heavy atom. The van der Waals surface area contributed by atoms with Crippen molar-refractivity contribution < 1.29 is 63.4 Å². The first-order valence-corrected chi connectivity index (χ1v) is 5.80. The number of phosphoric ester groups is 1. The summed E-state index contributed by atoms with van der Waals surface area (Å²) in [5.41, 5.74) is 0. The van der Waals surface area contributed by atoms with E-state index >= 15 is 0 Å². The number of rotatable bonds is 15. The maximum Gasteiger partial charge on any atom is 0.474 e. The van der Waals surface area contributed by atoms with E-state index in [1.165, 1.54) is 0 Å².